The number of fused-ring (bicyclic) bond motifs is 1. The molecule has 174 valence electrons. The van der Waals surface area contributed by atoms with Gasteiger partial charge in [0.15, 0.2) is 5.65 Å². The standard InChI is InChI=1S/C24H21F3N6O/c25-24(26,27)17-6-7-21(29-14-17)32-12-9-18(10-13-32)31-23(34)19-15-30-33-20(8-11-28-22(19)33)16-4-2-1-3-5-16/h1-8,11,14-15,18H,9-10,12-13H2,(H,31,34). The van der Waals surface area contributed by atoms with Crippen LogP contribution in [-0.4, -0.2) is 44.6 Å². The molecule has 4 aromatic rings. The Morgan fingerprint density at radius 1 is 0.971 bits per heavy atom. The van der Waals surface area contributed by atoms with Crippen LogP contribution < -0.4 is 10.2 Å². The number of amides is 1. The van der Waals surface area contributed by atoms with E-state index in [4.69, 9.17) is 0 Å². The van der Waals surface area contributed by atoms with Gasteiger partial charge in [-0.05, 0) is 31.0 Å². The quantitative estimate of drug-likeness (QED) is 0.488. The maximum Gasteiger partial charge on any atom is 0.417 e. The van der Waals surface area contributed by atoms with Crippen LogP contribution in [0.1, 0.15) is 28.8 Å². The second-order valence-electron chi connectivity index (χ2n) is 8.13. The van der Waals surface area contributed by atoms with Crippen LogP contribution in [0.15, 0.2) is 67.1 Å². The molecule has 3 aromatic heterocycles. The lowest BCUT2D eigenvalue weighted by Gasteiger charge is -2.33. The number of hydrogen-bond acceptors (Lipinski definition) is 5. The summed E-state index contributed by atoms with van der Waals surface area (Å²) in [6.07, 6.45) is 0.923. The molecule has 1 aliphatic rings. The van der Waals surface area contributed by atoms with Crippen molar-refractivity contribution in [1.29, 1.82) is 0 Å². The summed E-state index contributed by atoms with van der Waals surface area (Å²) in [4.78, 5) is 23.2. The SMILES string of the molecule is O=C(NC1CCN(c2ccc(C(F)(F)F)cn2)CC1)c1cnn2c(-c3ccccc3)ccnc12. The first-order valence-corrected chi connectivity index (χ1v) is 10.9. The minimum Gasteiger partial charge on any atom is -0.356 e. The second-order valence-corrected chi connectivity index (χ2v) is 8.13. The summed E-state index contributed by atoms with van der Waals surface area (Å²) >= 11 is 0. The van der Waals surface area contributed by atoms with Gasteiger partial charge in [0.1, 0.15) is 11.4 Å². The Morgan fingerprint density at radius 2 is 1.74 bits per heavy atom. The van der Waals surface area contributed by atoms with E-state index in [9.17, 15) is 18.0 Å². The predicted octanol–water partition coefficient (Wildman–Crippen LogP) is 4.21. The summed E-state index contributed by atoms with van der Waals surface area (Å²) in [5, 5.41) is 7.43. The molecular formula is C24H21F3N6O. The first kappa shape index (κ1) is 21.9. The Morgan fingerprint density at radius 3 is 2.41 bits per heavy atom. The molecule has 1 aliphatic heterocycles. The number of benzene rings is 1. The molecule has 0 saturated carbocycles. The Bertz CT molecular complexity index is 1300. The highest BCUT2D eigenvalue weighted by molar-refractivity contribution is 6.00. The average molecular weight is 466 g/mol. The number of carbonyl (C=O) groups is 1. The van der Waals surface area contributed by atoms with Gasteiger partial charge in [-0.2, -0.15) is 18.3 Å². The number of hydrogen-bond donors (Lipinski definition) is 1. The minimum absolute atomic E-state index is 0.0644. The highest BCUT2D eigenvalue weighted by atomic mass is 19.4. The minimum atomic E-state index is -4.41. The molecule has 0 bridgehead atoms. The number of piperidine rings is 1. The van der Waals surface area contributed by atoms with E-state index in [1.165, 1.54) is 12.3 Å². The van der Waals surface area contributed by atoms with Crippen LogP contribution >= 0.6 is 0 Å². The third kappa shape index (κ3) is 4.30. The van der Waals surface area contributed by atoms with E-state index < -0.39 is 11.7 Å². The third-order valence-corrected chi connectivity index (χ3v) is 5.94. The number of carbonyl (C=O) groups excluding carboxylic acids is 1. The van der Waals surface area contributed by atoms with Crippen molar-refractivity contribution in [2.45, 2.75) is 25.1 Å². The van der Waals surface area contributed by atoms with Gasteiger partial charge in [0.05, 0.1) is 17.5 Å². The summed E-state index contributed by atoms with van der Waals surface area (Å²) in [6.45, 7) is 1.16. The number of alkyl halides is 3. The van der Waals surface area contributed by atoms with Crippen molar-refractivity contribution in [2.75, 3.05) is 18.0 Å². The second kappa shape index (κ2) is 8.77. The van der Waals surface area contributed by atoms with Gasteiger partial charge >= 0.3 is 6.18 Å². The maximum atomic E-state index is 13.0. The van der Waals surface area contributed by atoms with Crippen LogP contribution in [-0.2, 0) is 6.18 Å². The lowest BCUT2D eigenvalue weighted by molar-refractivity contribution is -0.137. The van der Waals surface area contributed by atoms with E-state index in [1.807, 2.05) is 41.3 Å². The number of halogens is 3. The predicted molar refractivity (Wildman–Crippen MR) is 120 cm³/mol. The molecule has 0 atom stereocenters. The Labute approximate surface area is 193 Å². The molecule has 10 heteroatoms. The van der Waals surface area contributed by atoms with E-state index >= 15 is 0 Å². The van der Waals surface area contributed by atoms with E-state index in [-0.39, 0.29) is 11.9 Å². The zero-order chi connectivity index (χ0) is 23.7. The van der Waals surface area contributed by atoms with Crippen LogP contribution in [0.4, 0.5) is 19.0 Å². The van der Waals surface area contributed by atoms with E-state index in [2.05, 4.69) is 20.4 Å². The van der Waals surface area contributed by atoms with Crippen LogP contribution in [0, 0.1) is 0 Å². The van der Waals surface area contributed by atoms with Gasteiger partial charge in [-0.1, -0.05) is 30.3 Å². The number of pyridine rings is 1. The zero-order valence-electron chi connectivity index (χ0n) is 18.0. The van der Waals surface area contributed by atoms with Gasteiger partial charge in [0.25, 0.3) is 5.91 Å². The molecule has 34 heavy (non-hydrogen) atoms. The molecule has 1 aromatic carbocycles. The van der Waals surface area contributed by atoms with Crippen LogP contribution in [0.25, 0.3) is 16.9 Å². The molecule has 4 heterocycles. The molecule has 0 unspecified atom stereocenters. The van der Waals surface area contributed by atoms with Crippen molar-refractivity contribution in [3.05, 3.63) is 78.2 Å². The lowest BCUT2D eigenvalue weighted by Crippen LogP contribution is -2.45. The fourth-order valence-corrected chi connectivity index (χ4v) is 4.14. The Kier molecular flexibility index (Phi) is 5.64. The molecule has 1 fully saturated rings. The molecule has 0 aliphatic carbocycles. The van der Waals surface area contributed by atoms with Gasteiger partial charge < -0.3 is 10.2 Å². The largest absolute Gasteiger partial charge is 0.417 e. The highest BCUT2D eigenvalue weighted by Crippen LogP contribution is 2.30. The molecule has 0 spiro atoms. The molecular weight excluding hydrogens is 445 g/mol. The monoisotopic (exact) mass is 466 g/mol. The zero-order valence-corrected chi connectivity index (χ0v) is 18.0. The first-order valence-electron chi connectivity index (χ1n) is 10.9. The summed E-state index contributed by atoms with van der Waals surface area (Å²) in [7, 11) is 0. The summed E-state index contributed by atoms with van der Waals surface area (Å²) in [5.41, 5.74) is 1.90. The van der Waals surface area contributed by atoms with Crippen LogP contribution in [0.3, 0.4) is 0 Å². The van der Waals surface area contributed by atoms with E-state index in [0.29, 0.717) is 43.0 Å². The molecule has 0 radical (unpaired) electrons. The van der Waals surface area contributed by atoms with Gasteiger partial charge in [0.2, 0.25) is 0 Å². The summed E-state index contributed by atoms with van der Waals surface area (Å²) in [6, 6.07) is 14.0. The van der Waals surface area contributed by atoms with Crippen molar-refractivity contribution in [3.63, 3.8) is 0 Å². The molecule has 1 saturated heterocycles. The highest BCUT2D eigenvalue weighted by Gasteiger charge is 2.31. The number of nitrogens with one attached hydrogen (secondary N) is 1. The Hall–Kier alpha value is -3.95. The molecule has 5 rings (SSSR count). The van der Waals surface area contributed by atoms with Crippen molar-refractivity contribution in [1.82, 2.24) is 24.9 Å². The average Bonchev–Trinajstić information content (AvgIpc) is 3.29. The lowest BCUT2D eigenvalue weighted by atomic mass is 10.0. The first-order chi connectivity index (χ1) is 16.4. The van der Waals surface area contributed by atoms with Crippen molar-refractivity contribution >= 4 is 17.4 Å². The van der Waals surface area contributed by atoms with Crippen molar-refractivity contribution in [2.24, 2.45) is 0 Å². The van der Waals surface area contributed by atoms with Gasteiger partial charge in [-0.15, -0.1) is 0 Å². The third-order valence-electron chi connectivity index (χ3n) is 5.94. The number of nitrogens with zero attached hydrogens (tertiary/aromatic N) is 5. The molecule has 7 nitrogen and oxygen atoms in total. The van der Waals surface area contributed by atoms with Gasteiger partial charge in [-0.25, -0.2) is 14.5 Å². The van der Waals surface area contributed by atoms with Crippen molar-refractivity contribution in [3.8, 4) is 11.3 Å². The molecule has 1 N–H and O–H groups in total. The smallest absolute Gasteiger partial charge is 0.356 e. The Balaban J connectivity index is 1.25. The fraction of sp³-hybridized carbons (Fsp3) is 0.250. The summed E-state index contributed by atoms with van der Waals surface area (Å²) < 4.78 is 39.9. The number of aromatic nitrogens is 4. The van der Waals surface area contributed by atoms with Crippen molar-refractivity contribution < 1.29 is 18.0 Å². The van der Waals surface area contributed by atoms with Gasteiger partial charge in [-0.3, -0.25) is 4.79 Å². The topological polar surface area (TPSA) is 75.4 Å². The summed E-state index contributed by atoms with van der Waals surface area (Å²) in [5.74, 6) is 0.247. The normalized spacial score (nSPS) is 15.0. The number of rotatable bonds is 4. The number of anilines is 1. The maximum absolute atomic E-state index is 13.0. The fourth-order valence-electron chi connectivity index (χ4n) is 4.14. The van der Waals surface area contributed by atoms with Crippen LogP contribution in [0.5, 0.6) is 0 Å². The van der Waals surface area contributed by atoms with Crippen LogP contribution in [0.2, 0.25) is 0 Å². The van der Waals surface area contributed by atoms with E-state index in [1.54, 1.807) is 10.7 Å². The van der Waals surface area contributed by atoms with E-state index in [0.717, 1.165) is 23.5 Å². The van der Waals surface area contributed by atoms with Gasteiger partial charge in [0, 0.05) is 37.1 Å². The molecule has 1 amide bonds.